The normalized spacial score (nSPS) is 12.8. The molecule has 1 N–H and O–H groups in total. The highest BCUT2D eigenvalue weighted by Gasteiger charge is 2.15. The zero-order chi connectivity index (χ0) is 16.0. The van der Waals surface area contributed by atoms with Gasteiger partial charge in [0.1, 0.15) is 27.1 Å². The molecule has 7 heteroatoms. The maximum absolute atomic E-state index is 11.3. The predicted molar refractivity (Wildman–Crippen MR) is 82.1 cm³/mol. The van der Waals surface area contributed by atoms with Crippen molar-refractivity contribution in [2.45, 2.75) is 19.5 Å². The van der Waals surface area contributed by atoms with Crippen LogP contribution in [0.5, 0.6) is 17.2 Å². The maximum Gasteiger partial charge on any atom is 0.148 e. The van der Waals surface area contributed by atoms with Crippen LogP contribution in [0.15, 0.2) is 12.1 Å². The van der Waals surface area contributed by atoms with Gasteiger partial charge in [0.2, 0.25) is 0 Å². The van der Waals surface area contributed by atoms with E-state index >= 15 is 0 Å². The number of methoxy groups -OCH3 is 3. The van der Waals surface area contributed by atoms with Crippen molar-refractivity contribution in [3.63, 3.8) is 0 Å². The van der Waals surface area contributed by atoms with Crippen molar-refractivity contribution in [3.8, 4) is 17.2 Å². The summed E-state index contributed by atoms with van der Waals surface area (Å²) in [5, 5.41) is 3.16. The molecule has 0 aliphatic rings. The Morgan fingerprint density at radius 3 is 2.00 bits per heavy atom. The molecule has 0 spiro atoms. The van der Waals surface area contributed by atoms with Gasteiger partial charge in [-0.3, -0.25) is 0 Å². The second kappa shape index (κ2) is 7.51. The minimum atomic E-state index is -3.01. The lowest BCUT2D eigenvalue weighted by Gasteiger charge is -2.18. The average molecular weight is 317 g/mol. The number of sulfone groups is 1. The van der Waals surface area contributed by atoms with E-state index in [1.54, 1.807) is 33.5 Å². The van der Waals surface area contributed by atoms with E-state index in [0.29, 0.717) is 23.8 Å². The van der Waals surface area contributed by atoms with Crippen LogP contribution in [-0.2, 0) is 16.4 Å². The first-order chi connectivity index (χ1) is 9.80. The van der Waals surface area contributed by atoms with Crippen LogP contribution in [0.25, 0.3) is 0 Å². The van der Waals surface area contributed by atoms with Gasteiger partial charge in [-0.15, -0.1) is 0 Å². The number of nitrogens with one attached hydrogen (secondary N) is 1. The number of hydrogen-bond donors (Lipinski definition) is 1. The number of ether oxygens (including phenoxy) is 3. The molecule has 120 valence electrons. The minimum absolute atomic E-state index is 0.0772. The fraction of sp³-hybridized carbons (Fsp3) is 0.571. The molecule has 1 aromatic rings. The van der Waals surface area contributed by atoms with E-state index in [0.717, 1.165) is 5.56 Å². The highest BCUT2D eigenvalue weighted by atomic mass is 32.2. The Kier molecular flexibility index (Phi) is 6.29. The molecular formula is C14H23NO5S. The molecular weight excluding hydrogens is 294 g/mol. The Morgan fingerprint density at radius 2 is 1.62 bits per heavy atom. The first-order valence-corrected chi connectivity index (χ1v) is 8.56. The van der Waals surface area contributed by atoms with E-state index in [9.17, 15) is 8.42 Å². The van der Waals surface area contributed by atoms with E-state index in [1.165, 1.54) is 6.26 Å². The number of hydrogen-bond acceptors (Lipinski definition) is 6. The first kappa shape index (κ1) is 17.6. The SMILES string of the molecule is COc1cc(OC)c(CNC(C)CS(C)(=O)=O)c(OC)c1. The van der Waals surface area contributed by atoms with Gasteiger partial charge in [0.25, 0.3) is 0 Å². The zero-order valence-electron chi connectivity index (χ0n) is 13.1. The van der Waals surface area contributed by atoms with E-state index < -0.39 is 9.84 Å². The Morgan fingerprint density at radius 1 is 1.10 bits per heavy atom. The molecule has 21 heavy (non-hydrogen) atoms. The van der Waals surface area contributed by atoms with Crippen molar-refractivity contribution in [2.75, 3.05) is 33.3 Å². The summed E-state index contributed by atoms with van der Waals surface area (Å²) in [5.74, 6) is 1.97. The van der Waals surface area contributed by atoms with Crippen molar-refractivity contribution in [3.05, 3.63) is 17.7 Å². The van der Waals surface area contributed by atoms with E-state index in [2.05, 4.69) is 5.32 Å². The summed E-state index contributed by atoms with van der Waals surface area (Å²) in [6, 6.07) is 3.36. The summed E-state index contributed by atoms with van der Waals surface area (Å²) >= 11 is 0. The highest BCUT2D eigenvalue weighted by Crippen LogP contribution is 2.33. The van der Waals surface area contributed by atoms with Crippen LogP contribution in [0.2, 0.25) is 0 Å². The van der Waals surface area contributed by atoms with Crippen LogP contribution in [0.3, 0.4) is 0 Å². The fourth-order valence-electron chi connectivity index (χ4n) is 2.04. The third-order valence-corrected chi connectivity index (χ3v) is 4.10. The Labute approximate surface area is 126 Å². The molecule has 0 radical (unpaired) electrons. The smallest absolute Gasteiger partial charge is 0.148 e. The molecule has 1 aromatic carbocycles. The summed E-state index contributed by atoms with van der Waals surface area (Å²) in [6.45, 7) is 2.26. The highest BCUT2D eigenvalue weighted by molar-refractivity contribution is 7.90. The molecule has 1 atom stereocenters. The van der Waals surface area contributed by atoms with E-state index in [1.807, 2.05) is 6.92 Å². The Balaban J connectivity index is 2.91. The van der Waals surface area contributed by atoms with Crippen LogP contribution in [-0.4, -0.2) is 47.8 Å². The number of benzene rings is 1. The van der Waals surface area contributed by atoms with Gasteiger partial charge in [0, 0.05) is 31.0 Å². The summed E-state index contributed by atoms with van der Waals surface area (Å²) in [4.78, 5) is 0. The van der Waals surface area contributed by atoms with Gasteiger partial charge in [0.05, 0.1) is 32.6 Å². The molecule has 0 heterocycles. The van der Waals surface area contributed by atoms with Crippen molar-refractivity contribution < 1.29 is 22.6 Å². The van der Waals surface area contributed by atoms with E-state index in [4.69, 9.17) is 14.2 Å². The van der Waals surface area contributed by atoms with Gasteiger partial charge < -0.3 is 19.5 Å². The largest absolute Gasteiger partial charge is 0.496 e. The summed E-state index contributed by atoms with van der Waals surface area (Å²) in [6.07, 6.45) is 1.22. The van der Waals surface area contributed by atoms with Gasteiger partial charge in [0.15, 0.2) is 0 Å². The van der Waals surface area contributed by atoms with Gasteiger partial charge in [-0.05, 0) is 6.92 Å². The summed E-state index contributed by atoms with van der Waals surface area (Å²) in [5.41, 5.74) is 0.821. The zero-order valence-corrected chi connectivity index (χ0v) is 13.9. The van der Waals surface area contributed by atoms with Crippen LogP contribution in [0.1, 0.15) is 12.5 Å². The Hall–Kier alpha value is -1.47. The van der Waals surface area contributed by atoms with Gasteiger partial charge in [-0.25, -0.2) is 8.42 Å². The molecule has 0 bridgehead atoms. The van der Waals surface area contributed by atoms with Gasteiger partial charge in [-0.2, -0.15) is 0 Å². The average Bonchev–Trinajstić information content (AvgIpc) is 2.42. The van der Waals surface area contributed by atoms with Crippen molar-refractivity contribution in [2.24, 2.45) is 0 Å². The quantitative estimate of drug-likeness (QED) is 0.777. The lowest BCUT2D eigenvalue weighted by atomic mass is 10.1. The van der Waals surface area contributed by atoms with Gasteiger partial charge in [-0.1, -0.05) is 0 Å². The summed E-state index contributed by atoms with van der Waals surface area (Å²) < 4.78 is 38.4. The fourth-order valence-corrected chi connectivity index (χ4v) is 3.07. The topological polar surface area (TPSA) is 73.9 Å². The monoisotopic (exact) mass is 317 g/mol. The molecule has 0 aromatic heterocycles. The molecule has 0 saturated carbocycles. The van der Waals surface area contributed by atoms with Crippen LogP contribution >= 0.6 is 0 Å². The third-order valence-electron chi connectivity index (χ3n) is 3.00. The second-order valence-corrected chi connectivity index (χ2v) is 7.07. The van der Waals surface area contributed by atoms with E-state index in [-0.39, 0.29) is 11.8 Å². The maximum atomic E-state index is 11.3. The third kappa shape index (κ3) is 5.43. The second-order valence-electron chi connectivity index (χ2n) is 4.88. The molecule has 6 nitrogen and oxygen atoms in total. The number of rotatable bonds is 8. The van der Waals surface area contributed by atoms with Crippen molar-refractivity contribution in [1.82, 2.24) is 5.32 Å². The molecule has 0 amide bonds. The molecule has 0 saturated heterocycles. The molecule has 1 rings (SSSR count). The Bertz CT molecular complexity index is 546. The van der Waals surface area contributed by atoms with Crippen LogP contribution in [0, 0.1) is 0 Å². The standard InChI is InChI=1S/C14H23NO5S/c1-10(9-21(5,16)17)15-8-12-13(19-3)6-11(18-2)7-14(12)20-4/h6-7,10,15H,8-9H2,1-5H3. The van der Waals surface area contributed by atoms with Crippen molar-refractivity contribution in [1.29, 1.82) is 0 Å². The van der Waals surface area contributed by atoms with Crippen LogP contribution < -0.4 is 19.5 Å². The molecule has 0 fully saturated rings. The molecule has 0 aliphatic carbocycles. The predicted octanol–water partition coefficient (Wildman–Crippen LogP) is 1.24. The minimum Gasteiger partial charge on any atom is -0.496 e. The van der Waals surface area contributed by atoms with Crippen molar-refractivity contribution >= 4 is 9.84 Å². The lowest BCUT2D eigenvalue weighted by molar-refractivity contribution is 0.365. The molecule has 1 unspecified atom stereocenters. The lowest BCUT2D eigenvalue weighted by Crippen LogP contribution is -2.32. The summed E-state index contributed by atoms with van der Waals surface area (Å²) in [7, 11) is 1.69. The first-order valence-electron chi connectivity index (χ1n) is 6.50. The van der Waals surface area contributed by atoms with Crippen LogP contribution in [0.4, 0.5) is 0 Å². The van der Waals surface area contributed by atoms with Gasteiger partial charge >= 0.3 is 0 Å². The molecule has 0 aliphatic heterocycles.